The Kier molecular flexibility index (Phi) is 8.57. The number of carbonyl (C=O) groups is 1. The van der Waals surface area contributed by atoms with Crippen LogP contribution < -0.4 is 29.8 Å². The Labute approximate surface area is 183 Å². The molecular weight excluding hydrogens is 435 g/mol. The van der Waals surface area contributed by atoms with Crippen LogP contribution in [0.4, 0.5) is 4.79 Å². The van der Waals surface area contributed by atoms with Crippen molar-refractivity contribution in [2.45, 2.75) is 0 Å². The third-order valence-electron chi connectivity index (χ3n) is 3.67. The fourth-order valence-corrected chi connectivity index (χ4v) is 2.97. The van der Waals surface area contributed by atoms with Gasteiger partial charge in [0, 0.05) is 0 Å². The minimum Gasteiger partial charge on any atom is -0.493 e. The second-order valence-corrected chi connectivity index (χ2v) is 6.36. The number of hydrogen-bond donors (Lipinski definition) is 2. The third kappa shape index (κ3) is 5.91. The topological polar surface area (TPSA) is 103 Å². The highest BCUT2D eigenvalue weighted by molar-refractivity contribution is 6.33. The predicted molar refractivity (Wildman–Crippen MR) is 116 cm³/mol. The molecular formula is C19H20Cl2N4O5. The van der Waals surface area contributed by atoms with Gasteiger partial charge in [-0.1, -0.05) is 23.2 Å². The standard InChI is InChI=1S/C19H20Cl2N4O5/c1-27-15-7-11(5-13(20)17(15)29-3)9-22-24-19(26)25-23-10-12-6-14(21)18(30-4)16(8-12)28-2/h5-10H,1-4H3,(H2,24,25,26)/b22-9+,23-10+. The van der Waals surface area contributed by atoms with E-state index in [-0.39, 0.29) is 0 Å². The molecule has 0 bridgehead atoms. The van der Waals surface area contributed by atoms with E-state index in [9.17, 15) is 4.79 Å². The third-order valence-corrected chi connectivity index (χ3v) is 4.23. The largest absolute Gasteiger partial charge is 0.493 e. The van der Waals surface area contributed by atoms with Crippen LogP contribution in [0.5, 0.6) is 23.0 Å². The lowest BCUT2D eigenvalue weighted by Gasteiger charge is -2.10. The van der Waals surface area contributed by atoms with Gasteiger partial charge in [-0.25, -0.2) is 15.6 Å². The van der Waals surface area contributed by atoms with E-state index in [0.717, 1.165) is 0 Å². The van der Waals surface area contributed by atoms with Crippen molar-refractivity contribution in [3.63, 3.8) is 0 Å². The van der Waals surface area contributed by atoms with E-state index in [1.165, 1.54) is 40.9 Å². The Morgan fingerprint density at radius 1 is 0.767 bits per heavy atom. The lowest BCUT2D eigenvalue weighted by molar-refractivity contribution is 0.242. The Bertz CT molecular complexity index is 891. The summed E-state index contributed by atoms with van der Waals surface area (Å²) in [6, 6.07) is 5.90. The van der Waals surface area contributed by atoms with Gasteiger partial charge in [0.2, 0.25) is 0 Å². The van der Waals surface area contributed by atoms with Crippen LogP contribution in [0.1, 0.15) is 11.1 Å². The van der Waals surface area contributed by atoms with Crippen LogP contribution in [0.2, 0.25) is 10.0 Å². The van der Waals surface area contributed by atoms with Crippen LogP contribution in [0.15, 0.2) is 34.5 Å². The number of ether oxygens (including phenoxy) is 4. The summed E-state index contributed by atoms with van der Waals surface area (Å²) in [6.07, 6.45) is 2.79. The molecule has 0 saturated carbocycles. The quantitative estimate of drug-likeness (QED) is 0.467. The maximum atomic E-state index is 11.8. The second-order valence-electron chi connectivity index (χ2n) is 5.55. The average molecular weight is 455 g/mol. The highest BCUT2D eigenvalue weighted by Gasteiger charge is 2.11. The van der Waals surface area contributed by atoms with Crippen molar-refractivity contribution in [1.82, 2.24) is 10.9 Å². The molecule has 2 N–H and O–H groups in total. The molecule has 0 fully saturated rings. The zero-order valence-corrected chi connectivity index (χ0v) is 18.2. The van der Waals surface area contributed by atoms with Gasteiger partial charge in [-0.05, 0) is 35.4 Å². The first-order valence-corrected chi connectivity index (χ1v) is 9.14. The number of methoxy groups -OCH3 is 4. The van der Waals surface area contributed by atoms with Crippen molar-refractivity contribution in [2.75, 3.05) is 28.4 Å². The van der Waals surface area contributed by atoms with Gasteiger partial charge in [0.1, 0.15) is 0 Å². The van der Waals surface area contributed by atoms with Gasteiger partial charge < -0.3 is 18.9 Å². The molecule has 11 heteroatoms. The van der Waals surface area contributed by atoms with E-state index in [4.69, 9.17) is 42.1 Å². The summed E-state index contributed by atoms with van der Waals surface area (Å²) >= 11 is 12.2. The number of carbonyl (C=O) groups excluding carboxylic acids is 1. The monoisotopic (exact) mass is 454 g/mol. The van der Waals surface area contributed by atoms with E-state index in [0.29, 0.717) is 44.2 Å². The second kappa shape index (κ2) is 11.1. The van der Waals surface area contributed by atoms with E-state index >= 15 is 0 Å². The van der Waals surface area contributed by atoms with E-state index in [1.807, 2.05) is 0 Å². The molecule has 2 amide bonds. The Balaban J connectivity index is 1.97. The number of hydrogen-bond acceptors (Lipinski definition) is 7. The summed E-state index contributed by atoms with van der Waals surface area (Å²) in [4.78, 5) is 11.8. The number of urea groups is 1. The molecule has 0 atom stereocenters. The smallest absolute Gasteiger partial charge is 0.355 e. The highest BCUT2D eigenvalue weighted by Crippen LogP contribution is 2.36. The lowest BCUT2D eigenvalue weighted by atomic mass is 10.2. The first-order chi connectivity index (χ1) is 14.4. The summed E-state index contributed by atoms with van der Waals surface area (Å²) in [5.74, 6) is 1.70. The van der Waals surface area contributed by atoms with Crippen molar-refractivity contribution in [3.8, 4) is 23.0 Å². The zero-order chi connectivity index (χ0) is 22.1. The summed E-state index contributed by atoms with van der Waals surface area (Å²) in [5, 5.41) is 8.36. The van der Waals surface area contributed by atoms with Crippen molar-refractivity contribution in [3.05, 3.63) is 45.4 Å². The first-order valence-electron chi connectivity index (χ1n) is 8.38. The lowest BCUT2D eigenvalue weighted by Crippen LogP contribution is -2.28. The van der Waals surface area contributed by atoms with Gasteiger partial charge in [-0.3, -0.25) is 0 Å². The summed E-state index contributed by atoms with van der Waals surface area (Å²) < 4.78 is 20.7. The minimum absolute atomic E-state index is 0.348. The molecule has 2 rings (SSSR count). The molecule has 0 spiro atoms. The molecule has 0 unspecified atom stereocenters. The SMILES string of the molecule is COc1cc(/C=N/NC(=O)N/N=C/c2cc(Cl)c(OC)c(OC)c2)cc(Cl)c1OC. The summed E-state index contributed by atoms with van der Waals surface area (Å²) in [5.41, 5.74) is 5.75. The van der Waals surface area contributed by atoms with Gasteiger partial charge >= 0.3 is 6.03 Å². The van der Waals surface area contributed by atoms with E-state index in [2.05, 4.69) is 21.1 Å². The number of benzene rings is 2. The van der Waals surface area contributed by atoms with Crippen molar-refractivity contribution < 1.29 is 23.7 Å². The summed E-state index contributed by atoms with van der Waals surface area (Å²) in [6.45, 7) is 0. The normalized spacial score (nSPS) is 10.9. The van der Waals surface area contributed by atoms with Gasteiger partial charge in [-0.15, -0.1) is 0 Å². The molecule has 0 aromatic heterocycles. The highest BCUT2D eigenvalue weighted by atomic mass is 35.5. The van der Waals surface area contributed by atoms with Crippen molar-refractivity contribution >= 4 is 41.7 Å². The van der Waals surface area contributed by atoms with Crippen LogP contribution in [-0.4, -0.2) is 46.9 Å². The molecule has 30 heavy (non-hydrogen) atoms. The molecule has 0 aliphatic rings. The molecule has 0 aliphatic heterocycles. The number of rotatable bonds is 8. The first kappa shape index (κ1) is 23.1. The van der Waals surface area contributed by atoms with Crippen LogP contribution in [0.25, 0.3) is 0 Å². The van der Waals surface area contributed by atoms with Crippen LogP contribution in [0.3, 0.4) is 0 Å². The molecule has 9 nitrogen and oxygen atoms in total. The van der Waals surface area contributed by atoms with Gasteiger partial charge in [0.05, 0.1) is 50.9 Å². The number of amides is 2. The number of hydrazone groups is 2. The van der Waals surface area contributed by atoms with Crippen LogP contribution in [-0.2, 0) is 0 Å². The number of nitrogens with one attached hydrogen (secondary N) is 2. The average Bonchev–Trinajstić information content (AvgIpc) is 2.72. The Hall–Kier alpha value is -3.17. The summed E-state index contributed by atoms with van der Waals surface area (Å²) in [7, 11) is 5.95. The Morgan fingerprint density at radius 2 is 1.17 bits per heavy atom. The maximum absolute atomic E-state index is 11.8. The molecule has 0 heterocycles. The molecule has 0 aliphatic carbocycles. The predicted octanol–water partition coefficient (Wildman–Crippen LogP) is 3.70. The molecule has 0 saturated heterocycles. The molecule has 2 aromatic carbocycles. The number of nitrogens with zero attached hydrogens (tertiary/aromatic N) is 2. The van der Waals surface area contributed by atoms with Crippen LogP contribution in [0, 0.1) is 0 Å². The van der Waals surface area contributed by atoms with E-state index < -0.39 is 6.03 Å². The van der Waals surface area contributed by atoms with Gasteiger partial charge in [0.15, 0.2) is 23.0 Å². The van der Waals surface area contributed by atoms with Gasteiger partial charge in [-0.2, -0.15) is 10.2 Å². The molecule has 2 aromatic rings. The van der Waals surface area contributed by atoms with Gasteiger partial charge in [0.25, 0.3) is 0 Å². The number of halogens is 2. The Morgan fingerprint density at radius 3 is 1.50 bits per heavy atom. The fraction of sp³-hybridized carbons (Fsp3) is 0.211. The minimum atomic E-state index is -0.652. The van der Waals surface area contributed by atoms with Crippen LogP contribution >= 0.6 is 23.2 Å². The van der Waals surface area contributed by atoms with Crippen molar-refractivity contribution in [2.24, 2.45) is 10.2 Å². The molecule has 0 radical (unpaired) electrons. The molecule has 160 valence electrons. The van der Waals surface area contributed by atoms with E-state index in [1.54, 1.807) is 24.3 Å². The fourth-order valence-electron chi connectivity index (χ4n) is 2.38. The van der Waals surface area contributed by atoms with Crippen molar-refractivity contribution in [1.29, 1.82) is 0 Å². The maximum Gasteiger partial charge on any atom is 0.355 e. The zero-order valence-electron chi connectivity index (χ0n) is 16.7.